The van der Waals surface area contributed by atoms with Crippen LogP contribution in [0.25, 0.3) is 83.9 Å². The standard InChI is InChI=1S/C46H30N4/c1-3-12-30(13-4-1)33-17-11-18-35(28-33)46-48-44(31-14-5-2-6-15-31)47-45(49-46)32-22-24-36(25-23-32)50-42-21-10-9-20-39(42)40-27-26-38-37-19-8-7-16-34(37)29-41(38)43(40)50/h1-28H,29H2. The summed E-state index contributed by atoms with van der Waals surface area (Å²) in [4.78, 5) is 15.1. The van der Waals surface area contributed by atoms with Gasteiger partial charge >= 0.3 is 0 Å². The van der Waals surface area contributed by atoms with Crippen molar-refractivity contribution >= 4 is 21.8 Å². The Morgan fingerprint density at radius 3 is 1.78 bits per heavy atom. The molecule has 4 heteroatoms. The van der Waals surface area contributed by atoms with Gasteiger partial charge in [0.25, 0.3) is 0 Å². The molecule has 0 saturated heterocycles. The lowest BCUT2D eigenvalue weighted by Gasteiger charge is -2.12. The molecule has 0 spiro atoms. The molecular formula is C46H30N4. The molecule has 7 aromatic carbocycles. The zero-order valence-electron chi connectivity index (χ0n) is 27.2. The van der Waals surface area contributed by atoms with Gasteiger partial charge in [-0.15, -0.1) is 0 Å². The summed E-state index contributed by atoms with van der Waals surface area (Å²) in [6.45, 7) is 0. The van der Waals surface area contributed by atoms with Crippen LogP contribution in [-0.4, -0.2) is 19.5 Å². The van der Waals surface area contributed by atoms with Crippen molar-refractivity contribution in [3.8, 4) is 62.1 Å². The zero-order chi connectivity index (χ0) is 33.0. The van der Waals surface area contributed by atoms with Crippen LogP contribution in [0.3, 0.4) is 0 Å². The van der Waals surface area contributed by atoms with Gasteiger partial charge in [0, 0.05) is 39.6 Å². The van der Waals surface area contributed by atoms with Crippen molar-refractivity contribution in [1.29, 1.82) is 0 Å². The highest BCUT2D eigenvalue weighted by atomic mass is 15.0. The molecule has 2 heterocycles. The molecule has 9 aromatic rings. The predicted octanol–water partition coefficient (Wildman–Crippen LogP) is 11.2. The van der Waals surface area contributed by atoms with Crippen LogP contribution in [0.1, 0.15) is 11.1 Å². The molecule has 0 bridgehead atoms. The molecule has 0 unspecified atom stereocenters. The number of fused-ring (bicyclic) bond motifs is 7. The van der Waals surface area contributed by atoms with E-state index in [0.29, 0.717) is 17.5 Å². The lowest BCUT2D eigenvalue weighted by Crippen LogP contribution is -2.01. The Morgan fingerprint density at radius 2 is 1.00 bits per heavy atom. The van der Waals surface area contributed by atoms with Crippen LogP contribution in [-0.2, 0) is 6.42 Å². The van der Waals surface area contributed by atoms with E-state index in [1.54, 1.807) is 0 Å². The molecule has 0 N–H and O–H groups in total. The molecule has 0 fully saturated rings. The van der Waals surface area contributed by atoms with Gasteiger partial charge in [0.05, 0.1) is 11.0 Å². The minimum absolute atomic E-state index is 0.643. The van der Waals surface area contributed by atoms with E-state index in [0.717, 1.165) is 39.9 Å². The van der Waals surface area contributed by atoms with Gasteiger partial charge < -0.3 is 4.57 Å². The highest BCUT2D eigenvalue weighted by Gasteiger charge is 2.24. The first-order valence-electron chi connectivity index (χ1n) is 17.0. The summed E-state index contributed by atoms with van der Waals surface area (Å²) in [5.41, 5.74) is 14.1. The van der Waals surface area contributed by atoms with Gasteiger partial charge in [-0.25, -0.2) is 15.0 Å². The van der Waals surface area contributed by atoms with Crippen LogP contribution < -0.4 is 0 Å². The number of rotatable bonds is 5. The summed E-state index contributed by atoms with van der Waals surface area (Å²) in [7, 11) is 0. The van der Waals surface area contributed by atoms with Crippen molar-refractivity contribution in [2.75, 3.05) is 0 Å². The summed E-state index contributed by atoms with van der Waals surface area (Å²) in [5.74, 6) is 1.94. The van der Waals surface area contributed by atoms with Crippen LogP contribution in [0.15, 0.2) is 170 Å². The molecular weight excluding hydrogens is 609 g/mol. The van der Waals surface area contributed by atoms with E-state index in [1.165, 1.54) is 44.1 Å². The highest BCUT2D eigenvalue weighted by Crippen LogP contribution is 2.44. The second-order valence-corrected chi connectivity index (χ2v) is 12.8. The topological polar surface area (TPSA) is 43.6 Å². The Hall–Kier alpha value is -6.65. The number of nitrogens with zero attached hydrogens (tertiary/aromatic N) is 4. The minimum atomic E-state index is 0.643. The normalized spacial score (nSPS) is 11.9. The maximum atomic E-state index is 5.07. The minimum Gasteiger partial charge on any atom is -0.309 e. The fourth-order valence-corrected chi connectivity index (χ4v) is 7.53. The van der Waals surface area contributed by atoms with Crippen LogP contribution in [0.4, 0.5) is 0 Å². The maximum absolute atomic E-state index is 5.07. The predicted molar refractivity (Wildman–Crippen MR) is 204 cm³/mol. The Bertz CT molecular complexity index is 2710. The van der Waals surface area contributed by atoms with Crippen LogP contribution in [0, 0.1) is 0 Å². The average Bonchev–Trinajstić information content (AvgIpc) is 3.75. The van der Waals surface area contributed by atoms with Crippen molar-refractivity contribution in [2.24, 2.45) is 0 Å². The Morgan fingerprint density at radius 1 is 0.400 bits per heavy atom. The molecule has 0 aliphatic heterocycles. The third-order valence-corrected chi connectivity index (χ3v) is 9.90. The first-order valence-corrected chi connectivity index (χ1v) is 17.0. The van der Waals surface area contributed by atoms with Crippen LogP contribution >= 0.6 is 0 Å². The summed E-state index contributed by atoms with van der Waals surface area (Å²) in [6.07, 6.45) is 0.929. The molecule has 50 heavy (non-hydrogen) atoms. The van der Waals surface area contributed by atoms with Crippen molar-refractivity contribution < 1.29 is 0 Å². The second kappa shape index (κ2) is 11.5. The van der Waals surface area contributed by atoms with Gasteiger partial charge in [-0.2, -0.15) is 0 Å². The van der Waals surface area contributed by atoms with Gasteiger partial charge in [-0.3, -0.25) is 0 Å². The largest absolute Gasteiger partial charge is 0.309 e. The molecule has 0 atom stereocenters. The molecule has 1 aliphatic carbocycles. The quantitative estimate of drug-likeness (QED) is 0.188. The van der Waals surface area contributed by atoms with Crippen LogP contribution in [0.2, 0.25) is 0 Å². The number of benzene rings is 7. The zero-order valence-corrected chi connectivity index (χ0v) is 27.2. The molecule has 0 saturated carbocycles. The van der Waals surface area contributed by atoms with E-state index in [1.807, 2.05) is 36.4 Å². The van der Waals surface area contributed by atoms with Crippen LogP contribution in [0.5, 0.6) is 0 Å². The molecule has 0 amide bonds. The second-order valence-electron chi connectivity index (χ2n) is 12.8. The third-order valence-electron chi connectivity index (χ3n) is 9.90. The summed E-state index contributed by atoms with van der Waals surface area (Å²) >= 11 is 0. The first-order chi connectivity index (χ1) is 24.8. The van der Waals surface area contributed by atoms with Crippen molar-refractivity contribution in [3.05, 3.63) is 181 Å². The molecule has 4 nitrogen and oxygen atoms in total. The maximum Gasteiger partial charge on any atom is 0.164 e. The van der Waals surface area contributed by atoms with Gasteiger partial charge in [0.1, 0.15) is 0 Å². The van der Waals surface area contributed by atoms with Gasteiger partial charge in [-0.05, 0) is 69.8 Å². The Balaban J connectivity index is 1.11. The van der Waals surface area contributed by atoms with E-state index < -0.39 is 0 Å². The first kappa shape index (κ1) is 28.4. The van der Waals surface area contributed by atoms with E-state index in [-0.39, 0.29) is 0 Å². The van der Waals surface area contributed by atoms with Crippen molar-refractivity contribution in [1.82, 2.24) is 19.5 Å². The SMILES string of the molecule is c1ccc(-c2cccc(-c3nc(-c4ccccc4)nc(-c4ccc(-n5c6ccccc6c6ccc7c(c65)Cc5ccccc5-7)cc4)n3)c2)cc1. The molecule has 1 aliphatic rings. The summed E-state index contributed by atoms with van der Waals surface area (Å²) in [6, 6.07) is 59.8. The third kappa shape index (κ3) is 4.65. The van der Waals surface area contributed by atoms with E-state index in [4.69, 9.17) is 15.0 Å². The Labute approximate surface area is 290 Å². The average molecular weight is 639 g/mol. The Kier molecular flexibility index (Phi) is 6.53. The van der Waals surface area contributed by atoms with Crippen molar-refractivity contribution in [2.45, 2.75) is 6.42 Å². The van der Waals surface area contributed by atoms with E-state index >= 15 is 0 Å². The molecule has 2 aromatic heterocycles. The molecule has 10 rings (SSSR count). The monoisotopic (exact) mass is 638 g/mol. The smallest absolute Gasteiger partial charge is 0.164 e. The summed E-state index contributed by atoms with van der Waals surface area (Å²) < 4.78 is 2.43. The summed E-state index contributed by atoms with van der Waals surface area (Å²) in [5, 5.41) is 2.54. The fraction of sp³-hybridized carbons (Fsp3) is 0.0217. The van der Waals surface area contributed by atoms with Gasteiger partial charge in [0.15, 0.2) is 17.5 Å². The number of hydrogen-bond acceptors (Lipinski definition) is 3. The van der Waals surface area contributed by atoms with E-state index in [9.17, 15) is 0 Å². The number of hydrogen-bond donors (Lipinski definition) is 0. The highest BCUT2D eigenvalue weighted by molar-refractivity contribution is 6.12. The number of aromatic nitrogens is 4. The number of para-hydroxylation sites is 1. The van der Waals surface area contributed by atoms with Gasteiger partial charge in [0.2, 0.25) is 0 Å². The van der Waals surface area contributed by atoms with Gasteiger partial charge in [-0.1, -0.05) is 133 Å². The molecule has 234 valence electrons. The lowest BCUT2D eigenvalue weighted by atomic mass is 10.0. The van der Waals surface area contributed by atoms with E-state index in [2.05, 4.69) is 138 Å². The fourth-order valence-electron chi connectivity index (χ4n) is 7.53. The van der Waals surface area contributed by atoms with Crippen molar-refractivity contribution in [3.63, 3.8) is 0 Å². The molecule has 0 radical (unpaired) electrons. The lowest BCUT2D eigenvalue weighted by molar-refractivity contribution is 1.07.